The van der Waals surface area contributed by atoms with Gasteiger partial charge in [0, 0.05) is 0 Å². The molecule has 3 heteroatoms. The van der Waals surface area contributed by atoms with Crippen LogP contribution < -0.4 is 5.90 Å². The highest BCUT2D eigenvalue weighted by Gasteiger charge is 2.16. The second-order valence-electron chi connectivity index (χ2n) is 2.71. The summed E-state index contributed by atoms with van der Waals surface area (Å²) in [5, 5.41) is 0. The summed E-state index contributed by atoms with van der Waals surface area (Å²) in [4.78, 5) is 15.1. The van der Waals surface area contributed by atoms with E-state index in [-0.39, 0.29) is 11.9 Å². The van der Waals surface area contributed by atoms with Crippen LogP contribution in [0.3, 0.4) is 0 Å². The van der Waals surface area contributed by atoms with E-state index in [1.54, 1.807) is 0 Å². The Labute approximate surface area is 67.9 Å². The molecular formula is C8H17NO2. The summed E-state index contributed by atoms with van der Waals surface area (Å²) in [6.45, 7) is 4.10. The maximum atomic E-state index is 10.9. The quantitative estimate of drug-likeness (QED) is 0.620. The summed E-state index contributed by atoms with van der Waals surface area (Å²) in [5.41, 5.74) is 0. The van der Waals surface area contributed by atoms with Gasteiger partial charge in [0.25, 0.3) is 0 Å². The van der Waals surface area contributed by atoms with E-state index in [0.717, 1.165) is 25.7 Å². The van der Waals surface area contributed by atoms with Crippen LogP contribution in [0.15, 0.2) is 0 Å². The number of rotatable bonds is 5. The molecule has 0 aliphatic heterocycles. The van der Waals surface area contributed by atoms with Crippen LogP contribution in [0.2, 0.25) is 0 Å². The molecule has 0 aliphatic rings. The minimum atomic E-state index is -0.270. The molecule has 0 unspecified atom stereocenters. The molecular weight excluding hydrogens is 142 g/mol. The van der Waals surface area contributed by atoms with E-state index >= 15 is 0 Å². The largest absolute Gasteiger partial charge is 0.373 e. The number of hydrogen-bond donors (Lipinski definition) is 1. The second-order valence-corrected chi connectivity index (χ2v) is 2.71. The van der Waals surface area contributed by atoms with Gasteiger partial charge in [-0.3, -0.25) is 4.79 Å². The average molecular weight is 159 g/mol. The summed E-state index contributed by atoms with van der Waals surface area (Å²) in [5.74, 6) is 4.52. The van der Waals surface area contributed by atoms with Crippen molar-refractivity contribution in [2.75, 3.05) is 0 Å². The Balaban J connectivity index is 3.76. The minimum absolute atomic E-state index is 0.00926. The van der Waals surface area contributed by atoms with Crippen molar-refractivity contribution in [3.05, 3.63) is 0 Å². The molecule has 11 heavy (non-hydrogen) atoms. The van der Waals surface area contributed by atoms with Gasteiger partial charge in [-0.2, -0.15) is 5.90 Å². The summed E-state index contributed by atoms with van der Waals surface area (Å²) in [7, 11) is 0. The Morgan fingerprint density at radius 1 is 1.36 bits per heavy atom. The van der Waals surface area contributed by atoms with E-state index in [4.69, 9.17) is 5.90 Å². The highest BCUT2D eigenvalue weighted by Crippen LogP contribution is 2.13. The Morgan fingerprint density at radius 3 is 2.09 bits per heavy atom. The van der Waals surface area contributed by atoms with E-state index in [1.165, 1.54) is 0 Å². The maximum absolute atomic E-state index is 10.9. The van der Waals surface area contributed by atoms with E-state index in [0.29, 0.717) is 0 Å². The highest BCUT2D eigenvalue weighted by atomic mass is 16.7. The zero-order valence-electron chi connectivity index (χ0n) is 7.30. The average Bonchev–Trinajstić information content (AvgIpc) is 2.03. The van der Waals surface area contributed by atoms with Gasteiger partial charge in [-0.15, -0.1) is 0 Å². The van der Waals surface area contributed by atoms with Crippen molar-refractivity contribution >= 4 is 5.97 Å². The lowest BCUT2D eigenvalue weighted by atomic mass is 9.99. The summed E-state index contributed by atoms with van der Waals surface area (Å²) in [6.07, 6.45) is 3.76. The molecule has 0 saturated heterocycles. The first-order valence-electron chi connectivity index (χ1n) is 4.16. The van der Waals surface area contributed by atoms with Gasteiger partial charge in [-0.25, -0.2) is 0 Å². The second kappa shape index (κ2) is 6.16. The molecule has 0 aliphatic carbocycles. The first-order valence-corrected chi connectivity index (χ1v) is 4.16. The van der Waals surface area contributed by atoms with Gasteiger partial charge in [0.1, 0.15) is 0 Å². The van der Waals surface area contributed by atoms with Gasteiger partial charge in [0.2, 0.25) is 0 Å². The van der Waals surface area contributed by atoms with Crippen molar-refractivity contribution in [3.63, 3.8) is 0 Å². The van der Waals surface area contributed by atoms with Gasteiger partial charge in [-0.05, 0) is 12.8 Å². The van der Waals surface area contributed by atoms with Crippen LogP contribution in [0.4, 0.5) is 0 Å². The van der Waals surface area contributed by atoms with Gasteiger partial charge in [0.05, 0.1) is 5.92 Å². The van der Waals surface area contributed by atoms with Crippen LogP contribution in [-0.2, 0) is 9.63 Å². The predicted molar refractivity (Wildman–Crippen MR) is 43.6 cm³/mol. The van der Waals surface area contributed by atoms with Crippen molar-refractivity contribution in [2.24, 2.45) is 11.8 Å². The molecule has 0 bridgehead atoms. The van der Waals surface area contributed by atoms with Crippen LogP contribution in [-0.4, -0.2) is 5.97 Å². The van der Waals surface area contributed by atoms with Crippen LogP contribution in [0.1, 0.15) is 39.5 Å². The SMILES string of the molecule is CCCC(CCC)C(=O)ON. The minimum Gasteiger partial charge on any atom is -0.373 e. The van der Waals surface area contributed by atoms with Crippen LogP contribution in [0.25, 0.3) is 0 Å². The predicted octanol–water partition coefficient (Wildman–Crippen LogP) is 1.62. The zero-order chi connectivity index (χ0) is 8.69. The van der Waals surface area contributed by atoms with Crippen LogP contribution in [0.5, 0.6) is 0 Å². The standard InChI is InChI=1S/C8H17NO2/c1-3-5-7(6-4-2)8(10)11-9/h7H,3-6,9H2,1-2H3. The van der Waals surface area contributed by atoms with Gasteiger partial charge >= 0.3 is 5.97 Å². The molecule has 3 nitrogen and oxygen atoms in total. The van der Waals surface area contributed by atoms with E-state index in [1.807, 2.05) is 13.8 Å². The van der Waals surface area contributed by atoms with Crippen LogP contribution >= 0.6 is 0 Å². The molecule has 0 aromatic heterocycles. The smallest absolute Gasteiger partial charge is 0.327 e. The molecule has 0 atom stereocenters. The topological polar surface area (TPSA) is 52.3 Å². The molecule has 0 aromatic carbocycles. The first-order chi connectivity index (χ1) is 5.26. The number of carbonyl (C=O) groups excluding carboxylic acids is 1. The van der Waals surface area contributed by atoms with Crippen molar-refractivity contribution in [3.8, 4) is 0 Å². The van der Waals surface area contributed by atoms with E-state index in [9.17, 15) is 4.79 Å². The van der Waals surface area contributed by atoms with Gasteiger partial charge in [-0.1, -0.05) is 26.7 Å². The molecule has 0 amide bonds. The van der Waals surface area contributed by atoms with E-state index in [2.05, 4.69) is 4.84 Å². The van der Waals surface area contributed by atoms with Crippen molar-refractivity contribution in [1.82, 2.24) is 0 Å². The number of hydrogen-bond acceptors (Lipinski definition) is 3. The Hall–Kier alpha value is -0.570. The summed E-state index contributed by atoms with van der Waals surface area (Å²) in [6, 6.07) is 0. The first kappa shape index (κ1) is 10.4. The fourth-order valence-corrected chi connectivity index (χ4v) is 1.17. The monoisotopic (exact) mass is 159 g/mol. The van der Waals surface area contributed by atoms with Gasteiger partial charge < -0.3 is 4.84 Å². The Morgan fingerprint density at radius 2 is 1.82 bits per heavy atom. The third-order valence-electron chi connectivity index (χ3n) is 1.72. The molecule has 66 valence electrons. The molecule has 0 saturated carbocycles. The molecule has 0 spiro atoms. The van der Waals surface area contributed by atoms with Gasteiger partial charge in [0.15, 0.2) is 0 Å². The maximum Gasteiger partial charge on any atom is 0.327 e. The highest BCUT2D eigenvalue weighted by molar-refractivity contribution is 5.71. The fraction of sp³-hybridized carbons (Fsp3) is 0.875. The fourth-order valence-electron chi connectivity index (χ4n) is 1.17. The summed E-state index contributed by atoms with van der Waals surface area (Å²) < 4.78 is 0. The number of carbonyl (C=O) groups is 1. The summed E-state index contributed by atoms with van der Waals surface area (Å²) >= 11 is 0. The number of nitrogens with two attached hydrogens (primary N) is 1. The van der Waals surface area contributed by atoms with Crippen LogP contribution in [0, 0.1) is 5.92 Å². The van der Waals surface area contributed by atoms with Crippen molar-refractivity contribution < 1.29 is 9.63 Å². The van der Waals surface area contributed by atoms with Crippen molar-refractivity contribution in [2.45, 2.75) is 39.5 Å². The third kappa shape index (κ3) is 3.98. The molecule has 0 aromatic rings. The van der Waals surface area contributed by atoms with Crippen molar-refractivity contribution in [1.29, 1.82) is 0 Å². The third-order valence-corrected chi connectivity index (χ3v) is 1.72. The Kier molecular flexibility index (Phi) is 5.84. The molecule has 0 radical (unpaired) electrons. The zero-order valence-corrected chi connectivity index (χ0v) is 7.30. The van der Waals surface area contributed by atoms with E-state index < -0.39 is 0 Å². The molecule has 0 fully saturated rings. The lowest BCUT2D eigenvalue weighted by molar-refractivity contribution is -0.149. The normalized spacial score (nSPS) is 10.2. The lowest BCUT2D eigenvalue weighted by Gasteiger charge is -2.10. The molecule has 2 N–H and O–H groups in total. The molecule has 0 heterocycles. The molecule has 0 rings (SSSR count). The Bertz CT molecular complexity index is 109. The lowest BCUT2D eigenvalue weighted by Crippen LogP contribution is -2.20.